The summed E-state index contributed by atoms with van der Waals surface area (Å²) in [6.07, 6.45) is 7.29. The van der Waals surface area contributed by atoms with Gasteiger partial charge in [0.25, 0.3) is 0 Å². The molecule has 2 atom stereocenters. The Kier molecular flexibility index (Phi) is 15.0. The third-order valence-corrected chi connectivity index (χ3v) is 6.70. The number of unbranched alkanes of at least 4 members (excludes halogenated alkanes) is 1. The van der Waals surface area contributed by atoms with E-state index in [1.165, 1.54) is 0 Å². The monoisotopic (exact) mass is 487 g/mol. The van der Waals surface area contributed by atoms with E-state index in [0.29, 0.717) is 24.0 Å². The van der Waals surface area contributed by atoms with Gasteiger partial charge in [-0.05, 0) is 56.8 Å². The van der Waals surface area contributed by atoms with Crippen molar-refractivity contribution in [1.82, 2.24) is 16.0 Å². The number of Topliss-reactive ketones (excluding diaryl/α,β-unsaturated/α-hetero) is 1. The molecule has 8 heteroatoms. The molecule has 2 rings (SSSR count). The molecule has 1 aliphatic heterocycles. The van der Waals surface area contributed by atoms with E-state index >= 15 is 0 Å². The third kappa shape index (κ3) is 11.2. The van der Waals surface area contributed by atoms with Crippen molar-refractivity contribution >= 4 is 35.9 Å². The molecular formula is C24H42ClN3O3S. The topological polar surface area (TPSA) is 83.4 Å². The molecule has 1 fully saturated rings. The summed E-state index contributed by atoms with van der Waals surface area (Å²) in [5.74, 6) is 3.06. The summed E-state index contributed by atoms with van der Waals surface area (Å²) >= 11 is 1.60. The molecular weight excluding hydrogens is 446 g/mol. The molecule has 32 heavy (non-hydrogen) atoms. The Balaban J connectivity index is 0.00000512. The number of nitrogens with one attached hydrogen (secondary N) is 3. The van der Waals surface area contributed by atoms with Gasteiger partial charge >= 0.3 is 0 Å². The Morgan fingerprint density at radius 1 is 1.28 bits per heavy atom. The number of furan rings is 1. The maximum absolute atomic E-state index is 12.9. The van der Waals surface area contributed by atoms with Crippen LogP contribution in [0.5, 0.6) is 0 Å². The zero-order valence-corrected chi connectivity index (χ0v) is 21.5. The SMILES string of the molecule is CCCCC(NCC(CC(C)C)NC(=O)C1CCNCC1)C(=O)CSCc1ccco1.Cl. The van der Waals surface area contributed by atoms with Gasteiger partial charge in [-0.1, -0.05) is 33.6 Å². The highest BCUT2D eigenvalue weighted by molar-refractivity contribution is 7.99. The molecule has 1 aromatic heterocycles. The second-order valence-corrected chi connectivity index (χ2v) is 9.99. The number of halogens is 1. The first kappa shape index (κ1) is 29.0. The molecule has 0 radical (unpaired) electrons. The van der Waals surface area contributed by atoms with Gasteiger partial charge in [-0.15, -0.1) is 24.2 Å². The minimum atomic E-state index is -0.158. The van der Waals surface area contributed by atoms with Crippen LogP contribution in [0.1, 0.15) is 65.1 Å². The maximum Gasteiger partial charge on any atom is 0.223 e. The molecule has 184 valence electrons. The highest BCUT2D eigenvalue weighted by atomic mass is 35.5. The molecule has 1 saturated heterocycles. The zero-order valence-electron chi connectivity index (χ0n) is 19.9. The van der Waals surface area contributed by atoms with Gasteiger partial charge in [0.1, 0.15) is 5.76 Å². The molecule has 0 aliphatic carbocycles. The first-order valence-corrected chi connectivity index (χ1v) is 13.0. The van der Waals surface area contributed by atoms with Gasteiger partial charge in [-0.2, -0.15) is 0 Å². The van der Waals surface area contributed by atoms with Crippen LogP contribution in [0, 0.1) is 11.8 Å². The lowest BCUT2D eigenvalue weighted by molar-refractivity contribution is -0.126. The second-order valence-electron chi connectivity index (χ2n) is 9.00. The summed E-state index contributed by atoms with van der Waals surface area (Å²) in [5.41, 5.74) is 0. The fraction of sp³-hybridized carbons (Fsp3) is 0.750. The summed E-state index contributed by atoms with van der Waals surface area (Å²) in [5, 5.41) is 10.1. The number of amides is 1. The number of hydrogen-bond acceptors (Lipinski definition) is 6. The summed E-state index contributed by atoms with van der Waals surface area (Å²) in [7, 11) is 0. The van der Waals surface area contributed by atoms with Crippen molar-refractivity contribution in [1.29, 1.82) is 0 Å². The average Bonchev–Trinajstić information content (AvgIpc) is 3.27. The number of thioether (sulfide) groups is 1. The van der Waals surface area contributed by atoms with Crippen molar-refractivity contribution in [3.8, 4) is 0 Å². The smallest absolute Gasteiger partial charge is 0.223 e. The zero-order chi connectivity index (χ0) is 22.5. The first-order chi connectivity index (χ1) is 15.0. The number of ketones is 1. The molecule has 1 amide bonds. The van der Waals surface area contributed by atoms with E-state index in [1.807, 2.05) is 12.1 Å². The number of rotatable bonds is 15. The normalized spacial score (nSPS) is 16.4. The summed E-state index contributed by atoms with van der Waals surface area (Å²) in [4.78, 5) is 25.6. The fourth-order valence-corrected chi connectivity index (χ4v) is 4.85. The number of carbonyl (C=O) groups excluding carboxylic acids is 2. The molecule has 2 heterocycles. The van der Waals surface area contributed by atoms with Gasteiger partial charge < -0.3 is 20.4 Å². The predicted octanol–water partition coefficient (Wildman–Crippen LogP) is 4.18. The van der Waals surface area contributed by atoms with Gasteiger partial charge in [0.2, 0.25) is 5.91 Å². The standard InChI is InChI=1S/C24H41N3O3S.ClH/c1-4-5-8-22(23(28)17-31-16-21-7-6-13-30-21)26-15-20(14-18(2)3)27-24(29)19-9-11-25-12-10-19;/h6-7,13,18-20,22,25-26H,4-5,8-12,14-17H2,1-3H3,(H,27,29);1H. The van der Waals surface area contributed by atoms with Crippen LogP contribution in [-0.4, -0.2) is 49.2 Å². The molecule has 0 bridgehead atoms. The van der Waals surface area contributed by atoms with E-state index in [0.717, 1.165) is 57.4 Å². The number of piperidine rings is 1. The van der Waals surface area contributed by atoms with Crippen LogP contribution in [0.15, 0.2) is 22.8 Å². The van der Waals surface area contributed by atoms with E-state index in [-0.39, 0.29) is 42.1 Å². The Bertz CT molecular complexity index is 636. The first-order valence-electron chi connectivity index (χ1n) is 11.9. The fourth-order valence-electron chi connectivity index (χ4n) is 3.98. The number of hydrogen-bond donors (Lipinski definition) is 3. The van der Waals surface area contributed by atoms with Crippen LogP contribution in [-0.2, 0) is 15.3 Å². The summed E-state index contributed by atoms with van der Waals surface area (Å²) in [6.45, 7) is 8.96. The molecule has 2 unspecified atom stereocenters. The van der Waals surface area contributed by atoms with Gasteiger partial charge in [0.05, 0.1) is 23.8 Å². The third-order valence-electron chi connectivity index (χ3n) is 5.73. The predicted molar refractivity (Wildman–Crippen MR) is 135 cm³/mol. The quantitative estimate of drug-likeness (QED) is 0.344. The molecule has 3 N–H and O–H groups in total. The van der Waals surface area contributed by atoms with Gasteiger partial charge in [0, 0.05) is 18.5 Å². The highest BCUT2D eigenvalue weighted by Gasteiger charge is 2.25. The molecule has 0 aromatic carbocycles. The van der Waals surface area contributed by atoms with Crippen LogP contribution in [0.2, 0.25) is 0 Å². The number of carbonyl (C=O) groups is 2. The van der Waals surface area contributed by atoms with Gasteiger partial charge in [0.15, 0.2) is 5.78 Å². The van der Waals surface area contributed by atoms with E-state index in [9.17, 15) is 9.59 Å². The maximum atomic E-state index is 12.9. The van der Waals surface area contributed by atoms with Crippen molar-refractivity contribution in [2.75, 3.05) is 25.4 Å². The Morgan fingerprint density at radius 3 is 2.66 bits per heavy atom. The largest absolute Gasteiger partial charge is 0.468 e. The van der Waals surface area contributed by atoms with Crippen molar-refractivity contribution in [3.63, 3.8) is 0 Å². The van der Waals surface area contributed by atoms with E-state index in [1.54, 1.807) is 18.0 Å². The highest BCUT2D eigenvalue weighted by Crippen LogP contribution is 2.16. The van der Waals surface area contributed by atoms with Crippen molar-refractivity contribution < 1.29 is 14.0 Å². The van der Waals surface area contributed by atoms with Crippen LogP contribution >= 0.6 is 24.2 Å². The van der Waals surface area contributed by atoms with Crippen molar-refractivity contribution in [2.24, 2.45) is 11.8 Å². The Labute approximate surface area is 204 Å². The van der Waals surface area contributed by atoms with E-state index in [4.69, 9.17) is 4.42 Å². The Hall–Kier alpha value is -1.02. The average molecular weight is 488 g/mol. The lowest BCUT2D eigenvalue weighted by atomic mass is 9.95. The van der Waals surface area contributed by atoms with Crippen LogP contribution in [0.25, 0.3) is 0 Å². The second kappa shape index (κ2) is 16.6. The summed E-state index contributed by atoms with van der Waals surface area (Å²) in [6, 6.07) is 3.70. The van der Waals surface area contributed by atoms with Gasteiger partial charge in [-0.3, -0.25) is 9.59 Å². The van der Waals surface area contributed by atoms with Crippen LogP contribution in [0.3, 0.4) is 0 Å². The van der Waals surface area contributed by atoms with Gasteiger partial charge in [-0.25, -0.2) is 0 Å². The molecule has 1 aliphatic rings. The molecule has 0 spiro atoms. The molecule has 1 aromatic rings. The van der Waals surface area contributed by atoms with Crippen molar-refractivity contribution in [2.45, 2.75) is 77.1 Å². The van der Waals surface area contributed by atoms with E-state index < -0.39 is 0 Å². The minimum Gasteiger partial charge on any atom is -0.468 e. The van der Waals surface area contributed by atoms with Crippen LogP contribution in [0.4, 0.5) is 0 Å². The van der Waals surface area contributed by atoms with Crippen molar-refractivity contribution in [3.05, 3.63) is 24.2 Å². The molecule has 0 saturated carbocycles. The Morgan fingerprint density at radius 2 is 2.03 bits per heavy atom. The van der Waals surface area contributed by atoms with Crippen LogP contribution < -0.4 is 16.0 Å². The van der Waals surface area contributed by atoms with E-state index in [2.05, 4.69) is 36.7 Å². The lowest BCUT2D eigenvalue weighted by Crippen LogP contribution is -2.50. The minimum absolute atomic E-state index is 0. The summed E-state index contributed by atoms with van der Waals surface area (Å²) < 4.78 is 5.35. The lowest BCUT2D eigenvalue weighted by Gasteiger charge is -2.28. The molecule has 6 nitrogen and oxygen atoms in total.